The molecule has 2 aromatic carbocycles. The highest BCUT2D eigenvalue weighted by Gasteiger charge is 2.44. The van der Waals surface area contributed by atoms with Crippen molar-refractivity contribution in [1.29, 1.82) is 0 Å². The minimum atomic E-state index is -5.03. The smallest absolute Gasteiger partial charge is 0.416 e. The van der Waals surface area contributed by atoms with Crippen LogP contribution in [-0.4, -0.2) is 30.7 Å². The van der Waals surface area contributed by atoms with Gasteiger partial charge >= 0.3 is 18.4 Å². The maximum atomic E-state index is 14.9. The van der Waals surface area contributed by atoms with Crippen molar-refractivity contribution in [1.82, 2.24) is 4.90 Å². The molecule has 1 aliphatic heterocycles. The predicted octanol–water partition coefficient (Wildman–Crippen LogP) is 9.85. The molecule has 3 aliphatic rings. The number of ether oxygens (including phenoxy) is 2. The number of nitrogens with zero attached hydrogens (tertiary/aromatic N) is 1. The Balaban J connectivity index is 1.56. The lowest BCUT2D eigenvalue weighted by Crippen LogP contribution is -2.34. The van der Waals surface area contributed by atoms with Gasteiger partial charge in [0.05, 0.1) is 24.3 Å². The maximum absolute atomic E-state index is 14.9. The monoisotopic (exact) mass is 625 g/mol. The molecule has 0 bridgehead atoms. The topological polar surface area (TPSA) is 38.8 Å². The van der Waals surface area contributed by atoms with Gasteiger partial charge in [0.25, 0.3) is 0 Å². The van der Waals surface area contributed by atoms with Crippen molar-refractivity contribution < 1.29 is 45.0 Å². The number of carbonyl (C=O) groups excluding carboxylic acids is 1. The van der Waals surface area contributed by atoms with Crippen LogP contribution in [0.5, 0.6) is 5.75 Å². The van der Waals surface area contributed by atoms with Crippen LogP contribution in [0.15, 0.2) is 47.6 Å². The van der Waals surface area contributed by atoms with Crippen LogP contribution >= 0.6 is 0 Å². The summed E-state index contributed by atoms with van der Waals surface area (Å²) in [7, 11) is 1.45. The van der Waals surface area contributed by atoms with E-state index in [4.69, 9.17) is 9.47 Å². The molecule has 0 radical (unpaired) electrons. The van der Waals surface area contributed by atoms with E-state index >= 15 is 0 Å². The highest BCUT2D eigenvalue weighted by Crippen LogP contribution is 2.47. The molecule has 2 fully saturated rings. The minimum absolute atomic E-state index is 0.00465. The summed E-state index contributed by atoms with van der Waals surface area (Å²) in [4.78, 5) is 14.5. The van der Waals surface area contributed by atoms with Gasteiger partial charge in [-0.25, -0.2) is 9.18 Å². The van der Waals surface area contributed by atoms with E-state index in [1.165, 1.54) is 30.6 Å². The first-order valence-corrected chi connectivity index (χ1v) is 14.6. The van der Waals surface area contributed by atoms with Crippen molar-refractivity contribution in [3.8, 4) is 5.75 Å². The number of benzene rings is 2. The number of rotatable bonds is 6. The first-order valence-electron chi connectivity index (χ1n) is 14.6. The van der Waals surface area contributed by atoms with Crippen LogP contribution in [0.1, 0.15) is 92.7 Å². The lowest BCUT2D eigenvalue weighted by atomic mass is 9.73. The van der Waals surface area contributed by atoms with E-state index < -0.39 is 47.5 Å². The zero-order chi connectivity index (χ0) is 32.1. The molecule has 1 unspecified atom stereocenters. The molecule has 1 saturated carbocycles. The van der Waals surface area contributed by atoms with Gasteiger partial charge in [0, 0.05) is 18.2 Å². The summed E-state index contributed by atoms with van der Waals surface area (Å²) in [6, 6.07) is 3.49. The molecule has 5 rings (SSSR count). The fourth-order valence-corrected chi connectivity index (χ4v) is 6.55. The second-order valence-corrected chi connectivity index (χ2v) is 12.1. The standard InChI is InChI=1S/C33H34F7NO3/c1-17(2)25-14-27(29(43-4)15-28(25)34)26-12-20-8-6-5-7-19(20)9-22(26)16-41-18(3)30(44-31(41)42)21-10-23(32(35,36)37)13-24(11-21)33(38,39)40/h9-11,13-15,17-18,20,30H,5-8,12,16H2,1-4H3/t18-,20?,30-/m0/s1. The predicted molar refractivity (Wildman–Crippen MR) is 150 cm³/mol. The van der Waals surface area contributed by atoms with Crippen LogP contribution in [0.3, 0.4) is 0 Å². The summed E-state index contributed by atoms with van der Waals surface area (Å²) in [5, 5.41) is 0. The quantitative estimate of drug-likeness (QED) is 0.300. The van der Waals surface area contributed by atoms with Gasteiger partial charge < -0.3 is 9.47 Å². The minimum Gasteiger partial charge on any atom is -0.496 e. The van der Waals surface area contributed by atoms with Gasteiger partial charge in [0.2, 0.25) is 0 Å². The van der Waals surface area contributed by atoms with E-state index in [-0.39, 0.29) is 30.0 Å². The molecule has 1 saturated heterocycles. The maximum Gasteiger partial charge on any atom is 0.416 e. The summed E-state index contributed by atoms with van der Waals surface area (Å²) in [6.07, 6.45) is -5.66. The summed E-state index contributed by atoms with van der Waals surface area (Å²) in [6.45, 7) is 5.30. The molecule has 0 aromatic heterocycles. The molecule has 0 N–H and O–H groups in total. The third kappa shape index (κ3) is 6.19. The second-order valence-electron chi connectivity index (χ2n) is 12.1. The SMILES string of the molecule is COc1cc(F)c(C(C)C)cc1C1=C(CN2C(=O)O[C@H](c3cc(C(F)(F)F)cc(C(F)(F)F)c3)[C@@H]2C)C=C2CCCCC2C1. The Morgan fingerprint density at radius 1 is 1.00 bits per heavy atom. The number of fused-ring (bicyclic) bond motifs is 1. The number of halogens is 7. The Bertz CT molecular complexity index is 1470. The second kappa shape index (κ2) is 11.8. The first kappa shape index (κ1) is 31.9. The normalized spacial score (nSPS) is 22.7. The van der Waals surface area contributed by atoms with Gasteiger partial charge in [-0.2, -0.15) is 26.3 Å². The van der Waals surface area contributed by atoms with E-state index in [0.29, 0.717) is 35.4 Å². The van der Waals surface area contributed by atoms with Crippen molar-refractivity contribution >= 4 is 11.7 Å². The number of amides is 1. The molecule has 3 atom stereocenters. The molecule has 44 heavy (non-hydrogen) atoms. The highest BCUT2D eigenvalue weighted by atomic mass is 19.4. The third-order valence-corrected chi connectivity index (χ3v) is 8.93. The summed E-state index contributed by atoms with van der Waals surface area (Å²) in [5.74, 6) is 0.0924. The van der Waals surface area contributed by atoms with Crippen molar-refractivity contribution in [2.24, 2.45) is 5.92 Å². The van der Waals surface area contributed by atoms with Gasteiger partial charge in [-0.1, -0.05) is 31.9 Å². The molecule has 1 amide bonds. The Kier molecular flexibility index (Phi) is 8.54. The Morgan fingerprint density at radius 3 is 2.25 bits per heavy atom. The highest BCUT2D eigenvalue weighted by molar-refractivity contribution is 5.79. The van der Waals surface area contributed by atoms with Crippen LogP contribution in [-0.2, 0) is 17.1 Å². The number of methoxy groups -OCH3 is 1. The molecular formula is C33H34F7NO3. The summed E-state index contributed by atoms with van der Waals surface area (Å²) in [5.41, 5.74) is 0.703. The van der Waals surface area contributed by atoms with Crippen LogP contribution < -0.4 is 4.74 Å². The third-order valence-electron chi connectivity index (χ3n) is 8.93. The summed E-state index contributed by atoms with van der Waals surface area (Å²) < 4.78 is 107. The molecule has 2 aromatic rings. The van der Waals surface area contributed by atoms with Crippen LogP contribution in [0, 0.1) is 11.7 Å². The largest absolute Gasteiger partial charge is 0.496 e. The van der Waals surface area contributed by atoms with Crippen molar-refractivity contribution in [3.05, 3.63) is 81.2 Å². The van der Waals surface area contributed by atoms with E-state index in [0.717, 1.165) is 36.8 Å². The number of cyclic esters (lactones) is 1. The zero-order valence-corrected chi connectivity index (χ0v) is 24.8. The van der Waals surface area contributed by atoms with E-state index in [1.807, 2.05) is 19.9 Å². The number of carbonyl (C=O) groups is 1. The van der Waals surface area contributed by atoms with E-state index in [1.54, 1.807) is 6.07 Å². The molecular weight excluding hydrogens is 591 g/mol. The van der Waals surface area contributed by atoms with Gasteiger partial charge in [-0.05, 0) is 91.0 Å². The lowest BCUT2D eigenvalue weighted by molar-refractivity contribution is -0.143. The van der Waals surface area contributed by atoms with Gasteiger partial charge in [0.15, 0.2) is 0 Å². The van der Waals surface area contributed by atoms with Crippen LogP contribution in [0.25, 0.3) is 5.57 Å². The first-order chi connectivity index (χ1) is 20.6. The number of hydrogen-bond donors (Lipinski definition) is 0. The zero-order valence-electron chi connectivity index (χ0n) is 24.8. The number of allylic oxidation sites excluding steroid dienone is 2. The number of hydrogen-bond acceptors (Lipinski definition) is 3. The van der Waals surface area contributed by atoms with Crippen molar-refractivity contribution in [3.63, 3.8) is 0 Å². The molecule has 11 heteroatoms. The van der Waals surface area contributed by atoms with E-state index in [2.05, 4.69) is 0 Å². The van der Waals surface area contributed by atoms with Gasteiger partial charge in [-0.15, -0.1) is 0 Å². The van der Waals surface area contributed by atoms with Crippen molar-refractivity contribution in [2.75, 3.05) is 13.7 Å². The number of alkyl halides is 6. The molecule has 0 spiro atoms. The molecule has 1 heterocycles. The van der Waals surface area contributed by atoms with E-state index in [9.17, 15) is 35.5 Å². The Labute approximate surface area is 251 Å². The van der Waals surface area contributed by atoms with Crippen molar-refractivity contribution in [2.45, 2.75) is 83.3 Å². The average Bonchev–Trinajstić information content (AvgIpc) is 3.23. The molecule has 4 nitrogen and oxygen atoms in total. The lowest BCUT2D eigenvalue weighted by Gasteiger charge is -2.34. The van der Waals surface area contributed by atoms with Crippen LogP contribution in [0.2, 0.25) is 0 Å². The molecule has 238 valence electrons. The fraction of sp³-hybridized carbons (Fsp3) is 0.485. The van der Waals surface area contributed by atoms with Gasteiger partial charge in [-0.3, -0.25) is 4.90 Å². The fourth-order valence-electron chi connectivity index (χ4n) is 6.55. The molecule has 2 aliphatic carbocycles. The Morgan fingerprint density at radius 2 is 1.66 bits per heavy atom. The Hall–Kier alpha value is -3.50. The van der Waals surface area contributed by atoms with Gasteiger partial charge in [0.1, 0.15) is 17.7 Å². The van der Waals surface area contributed by atoms with Crippen LogP contribution in [0.4, 0.5) is 35.5 Å². The summed E-state index contributed by atoms with van der Waals surface area (Å²) >= 11 is 0. The average molecular weight is 626 g/mol.